The smallest absolute Gasteiger partial charge is 0.120 e. The largest absolute Gasteiger partial charge is 0.489 e. The number of aliphatic hydroxyl groups is 1. The van der Waals surface area contributed by atoms with E-state index < -0.39 is 6.10 Å². The van der Waals surface area contributed by atoms with Gasteiger partial charge < -0.3 is 14.6 Å². The molecule has 5 aromatic rings. The van der Waals surface area contributed by atoms with Crippen molar-refractivity contribution in [3.63, 3.8) is 0 Å². The summed E-state index contributed by atoms with van der Waals surface area (Å²) < 4.78 is 12.1. The second-order valence-electron chi connectivity index (χ2n) is 10.6. The molecular formula is C38H39NO3. The van der Waals surface area contributed by atoms with Crippen LogP contribution in [0.5, 0.6) is 11.5 Å². The molecule has 5 rings (SSSR count). The van der Waals surface area contributed by atoms with E-state index in [1.54, 1.807) is 0 Å². The number of ether oxygens (including phenoxy) is 2. The molecule has 214 valence electrons. The highest BCUT2D eigenvalue weighted by molar-refractivity contribution is 5.31. The SMILES string of the molecule is O[C@@H](CN(CCCc1cccc(OCc2ccccc2)c1)Cc1ccccc1)c1cccc(OCc2ccccc2)c1. The molecule has 0 aliphatic carbocycles. The van der Waals surface area contributed by atoms with Crippen molar-refractivity contribution in [2.45, 2.75) is 38.7 Å². The fourth-order valence-electron chi connectivity index (χ4n) is 5.02. The first-order valence-corrected chi connectivity index (χ1v) is 14.7. The third kappa shape index (κ3) is 9.34. The van der Waals surface area contributed by atoms with E-state index in [0.29, 0.717) is 19.8 Å². The van der Waals surface area contributed by atoms with E-state index in [9.17, 15) is 5.11 Å². The van der Waals surface area contributed by atoms with Gasteiger partial charge in [-0.1, -0.05) is 115 Å². The van der Waals surface area contributed by atoms with Crippen molar-refractivity contribution < 1.29 is 14.6 Å². The van der Waals surface area contributed by atoms with Gasteiger partial charge in [-0.2, -0.15) is 0 Å². The molecule has 42 heavy (non-hydrogen) atoms. The molecule has 4 nitrogen and oxygen atoms in total. The molecule has 0 amide bonds. The number of aliphatic hydroxyl groups excluding tert-OH is 1. The highest BCUT2D eigenvalue weighted by atomic mass is 16.5. The lowest BCUT2D eigenvalue weighted by Crippen LogP contribution is -2.29. The summed E-state index contributed by atoms with van der Waals surface area (Å²) in [5, 5.41) is 11.3. The summed E-state index contributed by atoms with van der Waals surface area (Å²) >= 11 is 0. The lowest BCUT2D eigenvalue weighted by atomic mass is 10.1. The average Bonchev–Trinajstić information content (AvgIpc) is 3.04. The molecule has 0 saturated heterocycles. The maximum atomic E-state index is 11.3. The molecule has 0 spiro atoms. The van der Waals surface area contributed by atoms with E-state index in [-0.39, 0.29) is 0 Å². The van der Waals surface area contributed by atoms with E-state index in [4.69, 9.17) is 9.47 Å². The molecule has 0 fully saturated rings. The Morgan fingerprint density at radius 1 is 0.548 bits per heavy atom. The standard InChI is InChI=1S/C38H39NO3/c40-38(35-21-11-23-37(26-35)42-30-34-17-8-3-9-18-34)28-39(27-32-13-4-1-5-14-32)24-12-20-31-19-10-22-36(25-31)41-29-33-15-6-2-7-16-33/h1-11,13-19,21-23,25-26,38,40H,12,20,24,27-30H2/t38-/m0/s1. The lowest BCUT2D eigenvalue weighted by Gasteiger charge is -2.26. The Balaban J connectivity index is 1.18. The second-order valence-corrected chi connectivity index (χ2v) is 10.6. The normalized spacial score (nSPS) is 11.8. The van der Waals surface area contributed by atoms with Gasteiger partial charge in [0, 0.05) is 13.1 Å². The van der Waals surface area contributed by atoms with Crippen LogP contribution in [0.1, 0.15) is 40.3 Å². The van der Waals surface area contributed by atoms with Crippen LogP contribution in [0.2, 0.25) is 0 Å². The molecule has 0 bridgehead atoms. The quantitative estimate of drug-likeness (QED) is 0.142. The van der Waals surface area contributed by atoms with Gasteiger partial charge in [0.05, 0.1) is 6.10 Å². The summed E-state index contributed by atoms with van der Waals surface area (Å²) in [6.45, 7) is 3.25. The summed E-state index contributed by atoms with van der Waals surface area (Å²) in [6.07, 6.45) is 1.29. The van der Waals surface area contributed by atoms with Crippen molar-refractivity contribution in [3.05, 3.63) is 167 Å². The minimum absolute atomic E-state index is 0.499. The zero-order valence-electron chi connectivity index (χ0n) is 24.0. The molecule has 5 aromatic carbocycles. The Morgan fingerprint density at radius 2 is 1.07 bits per heavy atom. The summed E-state index contributed by atoms with van der Waals surface area (Å²) in [5.41, 5.74) is 5.63. The number of rotatable bonds is 15. The number of nitrogens with zero attached hydrogens (tertiary/aromatic N) is 1. The number of aryl methyl sites for hydroxylation is 1. The van der Waals surface area contributed by atoms with Crippen molar-refractivity contribution >= 4 is 0 Å². The van der Waals surface area contributed by atoms with Crippen LogP contribution >= 0.6 is 0 Å². The highest BCUT2D eigenvalue weighted by Crippen LogP contribution is 2.23. The van der Waals surface area contributed by atoms with Gasteiger partial charge in [-0.15, -0.1) is 0 Å². The maximum absolute atomic E-state index is 11.3. The van der Waals surface area contributed by atoms with Gasteiger partial charge in [0.1, 0.15) is 24.7 Å². The Bertz CT molecular complexity index is 1470. The van der Waals surface area contributed by atoms with Crippen LogP contribution < -0.4 is 9.47 Å². The van der Waals surface area contributed by atoms with Crippen molar-refractivity contribution in [1.82, 2.24) is 4.90 Å². The van der Waals surface area contributed by atoms with Gasteiger partial charge in [0.25, 0.3) is 0 Å². The maximum Gasteiger partial charge on any atom is 0.120 e. The van der Waals surface area contributed by atoms with Gasteiger partial charge >= 0.3 is 0 Å². The van der Waals surface area contributed by atoms with Gasteiger partial charge in [0.2, 0.25) is 0 Å². The molecule has 0 heterocycles. The third-order valence-corrected chi connectivity index (χ3v) is 7.26. The van der Waals surface area contributed by atoms with Crippen LogP contribution in [-0.2, 0) is 26.2 Å². The summed E-state index contributed by atoms with van der Waals surface area (Å²) in [7, 11) is 0. The molecule has 1 N–H and O–H groups in total. The van der Waals surface area contributed by atoms with E-state index in [1.165, 1.54) is 11.1 Å². The van der Waals surface area contributed by atoms with E-state index in [1.807, 2.05) is 84.9 Å². The van der Waals surface area contributed by atoms with Crippen LogP contribution in [-0.4, -0.2) is 23.1 Å². The lowest BCUT2D eigenvalue weighted by molar-refractivity contribution is 0.108. The monoisotopic (exact) mass is 557 g/mol. The Labute approximate surface area is 249 Å². The first-order valence-electron chi connectivity index (χ1n) is 14.7. The van der Waals surface area contributed by atoms with Crippen molar-refractivity contribution in [1.29, 1.82) is 0 Å². The van der Waals surface area contributed by atoms with Crippen LogP contribution in [0, 0.1) is 0 Å². The minimum Gasteiger partial charge on any atom is -0.489 e. The van der Waals surface area contributed by atoms with Crippen LogP contribution in [0.25, 0.3) is 0 Å². The first kappa shape index (κ1) is 29.1. The Hall–Kier alpha value is -4.38. The fraction of sp³-hybridized carbons (Fsp3) is 0.211. The molecule has 0 aliphatic rings. The molecule has 1 atom stereocenters. The molecule has 0 radical (unpaired) electrons. The topological polar surface area (TPSA) is 41.9 Å². The molecule has 0 saturated carbocycles. The Kier molecular flexibility index (Phi) is 10.8. The van der Waals surface area contributed by atoms with Crippen LogP contribution in [0.15, 0.2) is 140 Å². The predicted molar refractivity (Wildman–Crippen MR) is 169 cm³/mol. The van der Waals surface area contributed by atoms with Crippen LogP contribution in [0.4, 0.5) is 0 Å². The van der Waals surface area contributed by atoms with Gasteiger partial charge in [-0.05, 0) is 71.5 Å². The van der Waals surface area contributed by atoms with Gasteiger partial charge in [-0.3, -0.25) is 4.90 Å². The summed E-state index contributed by atoms with van der Waals surface area (Å²) in [5.74, 6) is 1.65. The van der Waals surface area contributed by atoms with Crippen LogP contribution in [0.3, 0.4) is 0 Å². The van der Waals surface area contributed by atoms with E-state index in [2.05, 4.69) is 59.5 Å². The molecule has 0 aliphatic heterocycles. The summed E-state index contributed by atoms with van der Waals surface area (Å²) in [6, 6.07) is 47.0. The van der Waals surface area contributed by atoms with Gasteiger partial charge in [-0.25, -0.2) is 0 Å². The number of hydrogen-bond acceptors (Lipinski definition) is 4. The van der Waals surface area contributed by atoms with E-state index in [0.717, 1.165) is 54.1 Å². The zero-order valence-corrected chi connectivity index (χ0v) is 24.0. The number of benzene rings is 5. The molecular weight excluding hydrogens is 518 g/mol. The molecule has 0 unspecified atom stereocenters. The number of hydrogen-bond donors (Lipinski definition) is 1. The van der Waals surface area contributed by atoms with E-state index >= 15 is 0 Å². The minimum atomic E-state index is -0.622. The predicted octanol–water partition coefficient (Wildman–Crippen LogP) is 8.01. The average molecular weight is 558 g/mol. The van der Waals surface area contributed by atoms with Crippen molar-refractivity contribution in [2.75, 3.05) is 13.1 Å². The van der Waals surface area contributed by atoms with Crippen molar-refractivity contribution in [2.24, 2.45) is 0 Å². The Morgan fingerprint density at radius 3 is 1.69 bits per heavy atom. The first-order chi connectivity index (χ1) is 20.7. The fourth-order valence-corrected chi connectivity index (χ4v) is 5.02. The molecule has 0 aromatic heterocycles. The molecule has 4 heteroatoms. The highest BCUT2D eigenvalue weighted by Gasteiger charge is 2.15. The zero-order chi connectivity index (χ0) is 28.8. The summed E-state index contributed by atoms with van der Waals surface area (Å²) in [4.78, 5) is 2.34. The second kappa shape index (κ2) is 15.6. The van der Waals surface area contributed by atoms with Gasteiger partial charge in [0.15, 0.2) is 0 Å². The van der Waals surface area contributed by atoms with Crippen molar-refractivity contribution in [3.8, 4) is 11.5 Å². The third-order valence-electron chi connectivity index (χ3n) is 7.26.